The van der Waals surface area contributed by atoms with Gasteiger partial charge in [-0.15, -0.1) is 0 Å². The fourth-order valence-electron chi connectivity index (χ4n) is 0.641. The van der Waals surface area contributed by atoms with Crippen molar-refractivity contribution in [1.29, 1.82) is 0 Å². The van der Waals surface area contributed by atoms with E-state index in [4.69, 9.17) is 5.11 Å². The number of allylic oxidation sites excluding steroid dienone is 4. The normalized spacial score (nSPS) is 10.5. The molecule has 0 atom stereocenters. The number of rotatable bonds is 5. The molecule has 0 aliphatic carbocycles. The minimum Gasteiger partial charge on any atom is -0.481 e. The van der Waals surface area contributed by atoms with Crippen LogP contribution in [0.4, 0.5) is 0 Å². The van der Waals surface area contributed by atoms with Crippen molar-refractivity contribution in [3.05, 3.63) is 37.0 Å². The molecule has 0 aliphatic rings. The van der Waals surface area contributed by atoms with Crippen LogP contribution in [0.15, 0.2) is 37.0 Å². The molecule has 0 saturated heterocycles. The third kappa shape index (κ3) is 3.51. The van der Waals surface area contributed by atoms with Crippen LogP contribution in [0.3, 0.4) is 0 Å². The van der Waals surface area contributed by atoms with E-state index in [2.05, 4.69) is 13.2 Å². The Balaban J connectivity index is 4.42. The van der Waals surface area contributed by atoms with E-state index in [1.807, 2.05) is 0 Å². The third-order valence-electron chi connectivity index (χ3n) is 1.15. The monoisotopic (exact) mass is 166 g/mol. The summed E-state index contributed by atoms with van der Waals surface area (Å²) in [4.78, 5) is 21.1. The number of carboxylic acid groups (broad SMARTS) is 1. The van der Waals surface area contributed by atoms with Crippen molar-refractivity contribution >= 4 is 11.8 Å². The van der Waals surface area contributed by atoms with Gasteiger partial charge in [0.15, 0.2) is 5.78 Å². The van der Waals surface area contributed by atoms with Crippen molar-refractivity contribution in [3.8, 4) is 0 Å². The summed E-state index contributed by atoms with van der Waals surface area (Å²) in [5.41, 5.74) is 0.271. The topological polar surface area (TPSA) is 54.4 Å². The second kappa shape index (κ2) is 5.07. The van der Waals surface area contributed by atoms with Gasteiger partial charge >= 0.3 is 5.97 Å². The molecule has 0 fully saturated rings. The van der Waals surface area contributed by atoms with Gasteiger partial charge < -0.3 is 5.11 Å². The molecule has 0 aromatic heterocycles. The van der Waals surface area contributed by atoms with Crippen LogP contribution in [0, 0.1) is 0 Å². The molecule has 0 aliphatic heterocycles. The van der Waals surface area contributed by atoms with Gasteiger partial charge in [0.1, 0.15) is 6.42 Å². The van der Waals surface area contributed by atoms with Gasteiger partial charge in [0, 0.05) is 5.57 Å². The number of hydrogen-bond acceptors (Lipinski definition) is 2. The van der Waals surface area contributed by atoms with Crippen molar-refractivity contribution in [1.82, 2.24) is 0 Å². The summed E-state index contributed by atoms with van der Waals surface area (Å²) in [5, 5.41) is 8.29. The van der Waals surface area contributed by atoms with E-state index >= 15 is 0 Å². The molecule has 0 amide bonds. The average Bonchev–Trinajstić information content (AvgIpc) is 1.98. The molecule has 0 rings (SSSR count). The maximum absolute atomic E-state index is 11.0. The zero-order valence-corrected chi connectivity index (χ0v) is 6.62. The third-order valence-corrected chi connectivity index (χ3v) is 1.15. The first-order valence-electron chi connectivity index (χ1n) is 3.32. The predicted octanol–water partition coefficient (Wildman–Crippen LogP) is 1.33. The summed E-state index contributed by atoms with van der Waals surface area (Å²) in [6, 6.07) is 0. The lowest BCUT2D eigenvalue weighted by Gasteiger charge is -1.95. The molecule has 0 saturated carbocycles. The van der Waals surface area contributed by atoms with Crippen LogP contribution in [0.5, 0.6) is 0 Å². The highest BCUT2D eigenvalue weighted by atomic mass is 16.4. The Morgan fingerprint density at radius 1 is 1.33 bits per heavy atom. The Labute approximate surface area is 70.7 Å². The molecule has 1 N–H and O–H groups in total. The van der Waals surface area contributed by atoms with Gasteiger partial charge in [-0.25, -0.2) is 0 Å². The second-order valence-electron chi connectivity index (χ2n) is 2.06. The molecular weight excluding hydrogens is 156 g/mol. The van der Waals surface area contributed by atoms with Gasteiger partial charge in [0.2, 0.25) is 0 Å². The van der Waals surface area contributed by atoms with Crippen LogP contribution in [0.25, 0.3) is 0 Å². The van der Waals surface area contributed by atoms with Crippen molar-refractivity contribution in [2.45, 2.75) is 6.42 Å². The van der Waals surface area contributed by atoms with E-state index in [-0.39, 0.29) is 5.57 Å². The maximum Gasteiger partial charge on any atom is 0.311 e. The lowest BCUT2D eigenvalue weighted by Crippen LogP contribution is -2.07. The van der Waals surface area contributed by atoms with E-state index < -0.39 is 18.2 Å². The van der Waals surface area contributed by atoms with Gasteiger partial charge in [-0.05, 0) is 0 Å². The fraction of sp³-hybridized carbons (Fsp3) is 0.111. The quantitative estimate of drug-likeness (QED) is 0.381. The highest BCUT2D eigenvalue weighted by molar-refractivity contribution is 6.06. The molecule has 3 heteroatoms. The van der Waals surface area contributed by atoms with Crippen LogP contribution < -0.4 is 0 Å². The summed E-state index contributed by atoms with van der Waals surface area (Å²) in [5.74, 6) is -1.60. The maximum atomic E-state index is 11.0. The highest BCUT2D eigenvalue weighted by Crippen LogP contribution is 2.01. The van der Waals surface area contributed by atoms with Crippen LogP contribution in [-0.2, 0) is 9.59 Å². The molecule has 3 nitrogen and oxygen atoms in total. The van der Waals surface area contributed by atoms with Gasteiger partial charge in [-0.2, -0.15) is 0 Å². The summed E-state index contributed by atoms with van der Waals surface area (Å²) in [7, 11) is 0. The molecule has 0 unspecified atom stereocenters. The van der Waals surface area contributed by atoms with Crippen LogP contribution in [0.1, 0.15) is 6.42 Å². The Hall–Kier alpha value is -1.64. The van der Waals surface area contributed by atoms with Crippen molar-refractivity contribution in [2.75, 3.05) is 0 Å². The summed E-state index contributed by atoms with van der Waals surface area (Å²) in [6.45, 7) is 6.76. The molecule has 0 radical (unpaired) electrons. The van der Waals surface area contributed by atoms with Gasteiger partial charge in [0.05, 0.1) is 0 Å². The van der Waals surface area contributed by atoms with E-state index in [0.717, 1.165) is 0 Å². The Kier molecular flexibility index (Phi) is 4.38. The summed E-state index contributed by atoms with van der Waals surface area (Å²) < 4.78 is 0. The van der Waals surface area contributed by atoms with Crippen molar-refractivity contribution < 1.29 is 14.7 Å². The summed E-state index contributed by atoms with van der Waals surface area (Å²) in [6.07, 6.45) is 3.65. The molecule has 0 aromatic carbocycles. The smallest absolute Gasteiger partial charge is 0.311 e. The van der Waals surface area contributed by atoms with Crippen LogP contribution in [-0.4, -0.2) is 16.9 Å². The molecular formula is C9H10O3. The Bertz CT molecular complexity index is 248. The van der Waals surface area contributed by atoms with E-state index in [1.54, 1.807) is 0 Å². The zero-order chi connectivity index (χ0) is 9.56. The number of ketones is 1. The molecule has 0 heterocycles. The minimum absolute atomic E-state index is 0.271. The second-order valence-corrected chi connectivity index (χ2v) is 2.06. The van der Waals surface area contributed by atoms with Crippen LogP contribution in [0.2, 0.25) is 0 Å². The number of carboxylic acids is 1. The molecule has 0 spiro atoms. The number of Topliss-reactive ketones (excluding diaryl/α,β-unsaturated/α-hetero) is 1. The fourth-order valence-corrected chi connectivity index (χ4v) is 0.641. The van der Waals surface area contributed by atoms with Crippen LogP contribution >= 0.6 is 0 Å². The van der Waals surface area contributed by atoms with Crippen molar-refractivity contribution in [3.63, 3.8) is 0 Å². The highest BCUT2D eigenvalue weighted by Gasteiger charge is 2.09. The molecule has 0 bridgehead atoms. The van der Waals surface area contributed by atoms with Gasteiger partial charge in [-0.1, -0.05) is 31.4 Å². The number of carbonyl (C=O) groups is 2. The first-order chi connectivity index (χ1) is 5.61. The molecule has 64 valence electrons. The lowest BCUT2D eigenvalue weighted by atomic mass is 10.1. The van der Waals surface area contributed by atoms with Gasteiger partial charge in [0.25, 0.3) is 0 Å². The van der Waals surface area contributed by atoms with Crippen molar-refractivity contribution in [2.24, 2.45) is 0 Å². The lowest BCUT2D eigenvalue weighted by molar-refractivity contribution is -0.139. The Morgan fingerprint density at radius 3 is 2.25 bits per heavy atom. The minimum atomic E-state index is -1.14. The van der Waals surface area contributed by atoms with Gasteiger partial charge in [-0.3, -0.25) is 9.59 Å². The largest absolute Gasteiger partial charge is 0.481 e. The number of hydrogen-bond donors (Lipinski definition) is 1. The van der Waals surface area contributed by atoms with E-state index in [0.29, 0.717) is 0 Å². The summed E-state index contributed by atoms with van der Waals surface area (Å²) >= 11 is 0. The number of aliphatic carboxylic acids is 1. The predicted molar refractivity (Wildman–Crippen MR) is 45.7 cm³/mol. The van der Waals surface area contributed by atoms with E-state index in [1.165, 1.54) is 18.2 Å². The first kappa shape index (κ1) is 10.4. The SMILES string of the molecule is C=C/C=C(\C=C)C(=O)CC(=O)O. The van der Waals surface area contributed by atoms with E-state index in [9.17, 15) is 9.59 Å². The average molecular weight is 166 g/mol. The molecule has 12 heavy (non-hydrogen) atoms. The molecule has 0 aromatic rings. The number of carbonyl (C=O) groups excluding carboxylic acids is 1. The Morgan fingerprint density at radius 2 is 1.92 bits per heavy atom. The first-order valence-corrected chi connectivity index (χ1v) is 3.32. The zero-order valence-electron chi connectivity index (χ0n) is 6.62. The standard InChI is InChI=1S/C9H10O3/c1-3-5-7(4-2)8(10)6-9(11)12/h3-5H,1-2,6H2,(H,11,12)/b7-5+.